The molecule has 0 aliphatic heterocycles. The van der Waals surface area contributed by atoms with E-state index < -0.39 is 10.0 Å². The molecule has 2 aromatic carbocycles. The summed E-state index contributed by atoms with van der Waals surface area (Å²) in [6, 6.07) is 16.0. The maximum atomic E-state index is 12.9. The van der Waals surface area contributed by atoms with Crippen molar-refractivity contribution in [2.24, 2.45) is 0 Å². The average Bonchev–Trinajstić information content (AvgIpc) is 2.61. The van der Waals surface area contributed by atoms with E-state index >= 15 is 0 Å². The van der Waals surface area contributed by atoms with Gasteiger partial charge in [-0.3, -0.25) is 4.79 Å². The van der Waals surface area contributed by atoms with Gasteiger partial charge >= 0.3 is 0 Å². The lowest BCUT2D eigenvalue weighted by molar-refractivity contribution is -0.105. The van der Waals surface area contributed by atoms with E-state index in [-0.39, 0.29) is 18.0 Å². The normalized spacial score (nSPS) is 12.2. The van der Waals surface area contributed by atoms with Gasteiger partial charge in [0.1, 0.15) is 6.29 Å². The van der Waals surface area contributed by atoms with Gasteiger partial charge in [-0.1, -0.05) is 54.1 Å². The first kappa shape index (κ1) is 18.8. The van der Waals surface area contributed by atoms with E-state index in [0.29, 0.717) is 11.9 Å². The van der Waals surface area contributed by atoms with Gasteiger partial charge in [-0.05, 0) is 30.7 Å². The molecule has 0 spiro atoms. The number of rotatable bonds is 8. The van der Waals surface area contributed by atoms with Crippen molar-refractivity contribution in [3.63, 3.8) is 0 Å². The van der Waals surface area contributed by atoms with Crippen molar-refractivity contribution >= 4 is 22.4 Å². The number of sulfonamides is 1. The van der Waals surface area contributed by atoms with Crippen molar-refractivity contribution in [2.45, 2.75) is 11.8 Å². The smallest absolute Gasteiger partial charge is 0.243 e. The number of aryl methyl sites for hydroxylation is 1. The number of aldehydes is 1. The SMILES string of the molecule is C=CCN(C/C(C=O)=C\c1ccccc1)S(=O)(=O)c1ccc(C)cc1. The van der Waals surface area contributed by atoms with Crippen molar-refractivity contribution in [1.82, 2.24) is 4.31 Å². The molecule has 0 bridgehead atoms. The summed E-state index contributed by atoms with van der Waals surface area (Å²) in [5, 5.41) is 0. The second-order valence-electron chi connectivity index (χ2n) is 5.65. The molecular weight excluding hydrogens is 334 g/mol. The molecule has 0 amide bonds. The molecule has 0 heterocycles. The first-order chi connectivity index (χ1) is 12.0. The summed E-state index contributed by atoms with van der Waals surface area (Å²) in [6.07, 6.45) is 3.89. The van der Waals surface area contributed by atoms with E-state index in [2.05, 4.69) is 6.58 Å². The number of hydrogen-bond donors (Lipinski definition) is 0. The van der Waals surface area contributed by atoms with Crippen LogP contribution in [0.1, 0.15) is 11.1 Å². The Morgan fingerprint density at radius 1 is 1.08 bits per heavy atom. The van der Waals surface area contributed by atoms with Crippen LogP contribution in [-0.2, 0) is 14.8 Å². The molecule has 0 fully saturated rings. The van der Waals surface area contributed by atoms with E-state index in [1.54, 1.807) is 30.3 Å². The van der Waals surface area contributed by atoms with Crippen LogP contribution in [-0.4, -0.2) is 32.1 Å². The fraction of sp³-hybridized carbons (Fsp3) is 0.150. The van der Waals surface area contributed by atoms with Crippen LogP contribution in [0, 0.1) is 6.92 Å². The molecule has 2 aromatic rings. The Kier molecular flexibility index (Phi) is 6.44. The van der Waals surface area contributed by atoms with E-state index in [0.717, 1.165) is 11.1 Å². The van der Waals surface area contributed by atoms with Crippen molar-refractivity contribution in [3.8, 4) is 0 Å². The van der Waals surface area contributed by atoms with E-state index in [9.17, 15) is 13.2 Å². The van der Waals surface area contributed by atoms with Gasteiger partial charge in [0.25, 0.3) is 0 Å². The Morgan fingerprint density at radius 2 is 1.72 bits per heavy atom. The molecule has 0 radical (unpaired) electrons. The molecule has 0 aliphatic rings. The molecule has 2 rings (SSSR count). The molecule has 25 heavy (non-hydrogen) atoms. The minimum absolute atomic E-state index is 0.0133. The number of carbonyl (C=O) groups excluding carboxylic acids is 1. The molecule has 0 aliphatic carbocycles. The summed E-state index contributed by atoms with van der Waals surface area (Å²) in [5.74, 6) is 0. The summed E-state index contributed by atoms with van der Waals surface area (Å²) in [4.78, 5) is 11.6. The molecule has 4 nitrogen and oxygen atoms in total. The third kappa shape index (κ3) is 4.98. The molecule has 0 aromatic heterocycles. The highest BCUT2D eigenvalue weighted by Gasteiger charge is 2.24. The Hall–Kier alpha value is -2.50. The van der Waals surface area contributed by atoms with Crippen LogP contribution in [0.25, 0.3) is 6.08 Å². The van der Waals surface area contributed by atoms with Gasteiger partial charge in [-0.15, -0.1) is 6.58 Å². The molecule has 0 unspecified atom stereocenters. The fourth-order valence-electron chi connectivity index (χ4n) is 2.33. The molecule has 0 atom stereocenters. The van der Waals surface area contributed by atoms with Gasteiger partial charge in [0.05, 0.1) is 4.90 Å². The third-order valence-corrected chi connectivity index (χ3v) is 5.48. The number of nitrogens with zero attached hydrogens (tertiary/aromatic N) is 1. The van der Waals surface area contributed by atoms with Crippen molar-refractivity contribution in [2.75, 3.05) is 13.1 Å². The average molecular weight is 355 g/mol. The predicted molar refractivity (Wildman–Crippen MR) is 101 cm³/mol. The predicted octanol–water partition coefficient (Wildman–Crippen LogP) is 3.45. The quantitative estimate of drug-likeness (QED) is 0.414. The van der Waals surface area contributed by atoms with Gasteiger partial charge in [-0.2, -0.15) is 4.31 Å². The fourth-order valence-corrected chi connectivity index (χ4v) is 3.73. The van der Waals surface area contributed by atoms with Gasteiger partial charge in [0.2, 0.25) is 10.0 Å². The molecule has 5 heteroatoms. The topological polar surface area (TPSA) is 54.5 Å². The van der Waals surface area contributed by atoms with Crippen molar-refractivity contribution in [1.29, 1.82) is 0 Å². The van der Waals surface area contributed by atoms with E-state index in [1.165, 1.54) is 10.4 Å². The molecule has 0 N–H and O–H groups in total. The van der Waals surface area contributed by atoms with Gasteiger partial charge in [0, 0.05) is 18.7 Å². The highest BCUT2D eigenvalue weighted by atomic mass is 32.2. The van der Waals surface area contributed by atoms with Crippen LogP contribution >= 0.6 is 0 Å². The molecule has 0 saturated carbocycles. The van der Waals surface area contributed by atoms with Crippen molar-refractivity contribution in [3.05, 3.63) is 84.0 Å². The van der Waals surface area contributed by atoms with Crippen LogP contribution in [0.15, 0.2) is 77.7 Å². The lowest BCUT2D eigenvalue weighted by Crippen LogP contribution is -2.33. The van der Waals surface area contributed by atoms with Gasteiger partial charge < -0.3 is 0 Å². The van der Waals surface area contributed by atoms with E-state index in [1.807, 2.05) is 37.3 Å². The minimum atomic E-state index is -3.72. The second-order valence-corrected chi connectivity index (χ2v) is 7.59. The van der Waals surface area contributed by atoms with Crippen LogP contribution in [0.5, 0.6) is 0 Å². The molecule has 0 saturated heterocycles. The zero-order chi connectivity index (χ0) is 18.3. The molecule has 130 valence electrons. The summed E-state index contributed by atoms with van der Waals surface area (Å²) in [5.41, 5.74) is 2.20. The summed E-state index contributed by atoms with van der Waals surface area (Å²) >= 11 is 0. The van der Waals surface area contributed by atoms with Crippen LogP contribution in [0.3, 0.4) is 0 Å². The first-order valence-corrected chi connectivity index (χ1v) is 9.30. The summed E-state index contributed by atoms with van der Waals surface area (Å²) in [7, 11) is -3.72. The Morgan fingerprint density at radius 3 is 2.28 bits per heavy atom. The van der Waals surface area contributed by atoms with Crippen molar-refractivity contribution < 1.29 is 13.2 Å². The highest BCUT2D eigenvalue weighted by Crippen LogP contribution is 2.18. The Bertz CT molecular complexity index is 854. The number of benzene rings is 2. The van der Waals surface area contributed by atoms with Crippen LogP contribution < -0.4 is 0 Å². The lowest BCUT2D eigenvalue weighted by Gasteiger charge is -2.21. The molecular formula is C20H21NO3S. The lowest BCUT2D eigenvalue weighted by atomic mass is 10.1. The first-order valence-electron chi connectivity index (χ1n) is 7.86. The Labute approximate surface area is 149 Å². The third-order valence-electron chi connectivity index (χ3n) is 3.65. The standard InChI is InChI=1S/C20H21NO3S/c1-3-13-21(25(23,24)20-11-9-17(2)10-12-20)15-19(16-22)14-18-7-5-4-6-8-18/h3-12,14,16H,1,13,15H2,2H3/b19-14+. The van der Waals surface area contributed by atoms with Crippen LogP contribution in [0.4, 0.5) is 0 Å². The second kappa shape index (κ2) is 8.55. The maximum absolute atomic E-state index is 12.9. The zero-order valence-electron chi connectivity index (χ0n) is 14.1. The number of carbonyl (C=O) groups is 1. The Balaban J connectivity index is 2.33. The summed E-state index contributed by atoms with van der Waals surface area (Å²) in [6.45, 7) is 5.63. The van der Waals surface area contributed by atoms with Crippen LogP contribution in [0.2, 0.25) is 0 Å². The number of hydrogen-bond acceptors (Lipinski definition) is 3. The minimum Gasteiger partial charge on any atom is -0.298 e. The maximum Gasteiger partial charge on any atom is 0.243 e. The van der Waals surface area contributed by atoms with Gasteiger partial charge in [-0.25, -0.2) is 8.42 Å². The largest absolute Gasteiger partial charge is 0.298 e. The monoisotopic (exact) mass is 355 g/mol. The van der Waals surface area contributed by atoms with E-state index in [4.69, 9.17) is 0 Å². The van der Waals surface area contributed by atoms with Gasteiger partial charge in [0.15, 0.2) is 0 Å². The summed E-state index contributed by atoms with van der Waals surface area (Å²) < 4.78 is 27.0. The zero-order valence-corrected chi connectivity index (χ0v) is 14.9. The highest BCUT2D eigenvalue weighted by molar-refractivity contribution is 7.89.